The molecule has 1 aromatic heterocycles. The Bertz CT molecular complexity index is 713. The molecule has 0 unspecified atom stereocenters. The zero-order chi connectivity index (χ0) is 14.1. The van der Waals surface area contributed by atoms with Gasteiger partial charge >= 0.3 is 0 Å². The largest absolute Gasteiger partial charge is 0.350 e. The van der Waals surface area contributed by atoms with Crippen molar-refractivity contribution in [2.75, 3.05) is 14.1 Å². The molecular formula is C18H20N2. The minimum absolute atomic E-state index is 0.975. The number of rotatable bonds is 3. The van der Waals surface area contributed by atoms with Crippen LogP contribution in [0.1, 0.15) is 11.1 Å². The maximum absolute atomic E-state index is 2.27. The van der Waals surface area contributed by atoms with Gasteiger partial charge in [-0.05, 0) is 42.9 Å². The molecule has 0 aliphatic heterocycles. The van der Waals surface area contributed by atoms with Crippen molar-refractivity contribution in [1.82, 2.24) is 9.47 Å². The Kier molecular flexibility index (Phi) is 3.33. The third-order valence-electron chi connectivity index (χ3n) is 3.61. The molecule has 0 spiro atoms. The lowest BCUT2D eigenvalue weighted by atomic mass is 10.1. The summed E-state index contributed by atoms with van der Waals surface area (Å²) >= 11 is 0. The predicted molar refractivity (Wildman–Crippen MR) is 86.6 cm³/mol. The summed E-state index contributed by atoms with van der Waals surface area (Å²) in [4.78, 5) is 2.21. The highest BCUT2D eigenvalue weighted by Crippen LogP contribution is 2.24. The van der Waals surface area contributed by atoms with Crippen molar-refractivity contribution in [3.8, 4) is 0 Å². The minimum Gasteiger partial charge on any atom is -0.350 e. The second kappa shape index (κ2) is 5.14. The summed E-state index contributed by atoms with van der Waals surface area (Å²) in [6.07, 6.45) is 12.9. The van der Waals surface area contributed by atoms with Gasteiger partial charge in [-0.15, -0.1) is 0 Å². The van der Waals surface area contributed by atoms with Crippen molar-refractivity contribution in [2.45, 2.75) is 6.54 Å². The van der Waals surface area contributed by atoms with E-state index in [1.54, 1.807) is 0 Å². The van der Waals surface area contributed by atoms with Crippen LogP contribution in [0.25, 0.3) is 17.0 Å². The van der Waals surface area contributed by atoms with Crippen LogP contribution in [0.15, 0.2) is 54.3 Å². The summed E-state index contributed by atoms with van der Waals surface area (Å²) in [6, 6.07) is 6.71. The number of hydrogen-bond acceptors (Lipinski definition) is 1. The average molecular weight is 264 g/mol. The van der Waals surface area contributed by atoms with E-state index in [-0.39, 0.29) is 0 Å². The summed E-state index contributed by atoms with van der Waals surface area (Å²) in [6.45, 7) is 0.975. The number of fused-ring (bicyclic) bond motifs is 1. The number of allylic oxidation sites excluding steroid dienone is 5. The molecule has 1 aliphatic carbocycles. The van der Waals surface area contributed by atoms with E-state index < -0.39 is 0 Å². The van der Waals surface area contributed by atoms with Crippen molar-refractivity contribution in [3.05, 3.63) is 65.4 Å². The molecule has 0 radical (unpaired) electrons. The minimum atomic E-state index is 0.975. The fourth-order valence-corrected chi connectivity index (χ4v) is 2.72. The molecule has 0 amide bonds. The average Bonchev–Trinajstić information content (AvgIpc) is 2.99. The lowest BCUT2D eigenvalue weighted by molar-refractivity contribution is 0.404. The van der Waals surface area contributed by atoms with Gasteiger partial charge in [0.2, 0.25) is 0 Å². The van der Waals surface area contributed by atoms with Crippen molar-refractivity contribution >= 4 is 17.0 Å². The highest BCUT2D eigenvalue weighted by Gasteiger charge is 2.07. The van der Waals surface area contributed by atoms with Gasteiger partial charge in [-0.1, -0.05) is 36.4 Å². The first-order valence-corrected chi connectivity index (χ1v) is 6.92. The second-order valence-electron chi connectivity index (χ2n) is 5.64. The Morgan fingerprint density at radius 2 is 1.90 bits per heavy atom. The molecule has 0 bridgehead atoms. The van der Waals surface area contributed by atoms with Gasteiger partial charge < -0.3 is 9.47 Å². The van der Waals surface area contributed by atoms with E-state index in [9.17, 15) is 0 Å². The van der Waals surface area contributed by atoms with Crippen LogP contribution in [-0.4, -0.2) is 23.6 Å². The smallest absolute Gasteiger partial charge is 0.0487 e. The number of nitrogens with zero attached hydrogens (tertiary/aromatic N) is 2. The van der Waals surface area contributed by atoms with Crippen molar-refractivity contribution < 1.29 is 0 Å². The van der Waals surface area contributed by atoms with Crippen LogP contribution < -0.4 is 0 Å². The van der Waals surface area contributed by atoms with Gasteiger partial charge in [-0.25, -0.2) is 0 Å². The molecule has 0 saturated carbocycles. The van der Waals surface area contributed by atoms with E-state index in [1.165, 1.54) is 27.6 Å². The van der Waals surface area contributed by atoms with E-state index in [4.69, 9.17) is 0 Å². The molecule has 102 valence electrons. The van der Waals surface area contributed by atoms with Crippen LogP contribution in [0.3, 0.4) is 0 Å². The van der Waals surface area contributed by atoms with Crippen molar-refractivity contribution in [2.24, 2.45) is 7.05 Å². The van der Waals surface area contributed by atoms with E-state index in [0.717, 1.165) is 6.54 Å². The Morgan fingerprint density at radius 1 is 1.15 bits per heavy atom. The van der Waals surface area contributed by atoms with Crippen LogP contribution in [0, 0.1) is 0 Å². The lowest BCUT2D eigenvalue weighted by Gasteiger charge is -2.07. The van der Waals surface area contributed by atoms with Gasteiger partial charge in [0.1, 0.15) is 0 Å². The predicted octanol–water partition coefficient (Wildman–Crippen LogP) is 3.75. The third kappa shape index (κ3) is 2.47. The molecule has 20 heavy (non-hydrogen) atoms. The topological polar surface area (TPSA) is 8.17 Å². The molecule has 1 heterocycles. The lowest BCUT2D eigenvalue weighted by Crippen LogP contribution is -2.10. The zero-order valence-corrected chi connectivity index (χ0v) is 12.3. The van der Waals surface area contributed by atoms with Gasteiger partial charge in [-0.3, -0.25) is 0 Å². The normalized spacial score (nSPS) is 13.9. The van der Waals surface area contributed by atoms with Gasteiger partial charge in [0.05, 0.1) is 0 Å². The molecule has 1 aliphatic rings. The second-order valence-corrected chi connectivity index (χ2v) is 5.64. The van der Waals surface area contributed by atoms with Gasteiger partial charge in [0.15, 0.2) is 0 Å². The van der Waals surface area contributed by atoms with E-state index >= 15 is 0 Å². The van der Waals surface area contributed by atoms with Gasteiger partial charge in [0.25, 0.3) is 0 Å². The fraction of sp³-hybridized carbons (Fsp3) is 0.222. The monoisotopic (exact) mass is 264 g/mol. The van der Waals surface area contributed by atoms with Crippen LogP contribution >= 0.6 is 0 Å². The number of aromatic nitrogens is 1. The Balaban J connectivity index is 2.03. The van der Waals surface area contributed by atoms with E-state index in [2.05, 4.69) is 85.4 Å². The Morgan fingerprint density at radius 3 is 2.60 bits per heavy atom. The Labute approximate surface area is 120 Å². The molecule has 2 aromatic rings. The summed E-state index contributed by atoms with van der Waals surface area (Å²) < 4.78 is 2.22. The molecule has 1 aromatic carbocycles. The van der Waals surface area contributed by atoms with Crippen LogP contribution in [0.2, 0.25) is 0 Å². The van der Waals surface area contributed by atoms with E-state index in [0.29, 0.717) is 0 Å². The zero-order valence-electron chi connectivity index (χ0n) is 12.3. The highest BCUT2D eigenvalue weighted by atomic mass is 15.1. The Hall–Kier alpha value is -2.06. The third-order valence-corrected chi connectivity index (χ3v) is 3.61. The maximum atomic E-state index is 2.27. The molecule has 0 N–H and O–H groups in total. The van der Waals surface area contributed by atoms with Crippen molar-refractivity contribution in [1.29, 1.82) is 0 Å². The van der Waals surface area contributed by atoms with E-state index in [1.807, 2.05) is 0 Å². The standard InChI is InChI=1S/C18H20N2/c1-19(2)12-16-13-20(3)18-11-15(8-9-17(16)18)10-14-6-4-5-7-14/h4-11,13H,12H2,1-3H3. The number of aryl methyl sites for hydroxylation is 1. The molecule has 2 heteroatoms. The summed E-state index contributed by atoms with van der Waals surface area (Å²) in [5, 5.41) is 1.35. The summed E-state index contributed by atoms with van der Waals surface area (Å²) in [7, 11) is 6.33. The number of benzene rings is 1. The molecule has 0 atom stereocenters. The SMILES string of the molecule is CN(C)Cc1cn(C)c2cc(C=C3C=CC=C3)ccc12. The molecule has 0 saturated heterocycles. The van der Waals surface area contributed by atoms with Crippen LogP contribution in [0.4, 0.5) is 0 Å². The van der Waals surface area contributed by atoms with Gasteiger partial charge in [0, 0.05) is 30.7 Å². The summed E-state index contributed by atoms with van der Waals surface area (Å²) in [5.74, 6) is 0. The molecule has 2 nitrogen and oxygen atoms in total. The van der Waals surface area contributed by atoms with Gasteiger partial charge in [-0.2, -0.15) is 0 Å². The highest BCUT2D eigenvalue weighted by molar-refractivity contribution is 5.86. The van der Waals surface area contributed by atoms with Crippen LogP contribution in [0.5, 0.6) is 0 Å². The summed E-state index contributed by atoms with van der Waals surface area (Å²) in [5.41, 5.74) is 5.18. The maximum Gasteiger partial charge on any atom is 0.0487 e. The fourth-order valence-electron chi connectivity index (χ4n) is 2.72. The first kappa shape index (κ1) is 12.9. The first-order valence-electron chi connectivity index (χ1n) is 6.92. The quantitative estimate of drug-likeness (QED) is 0.819. The number of hydrogen-bond donors (Lipinski definition) is 0. The molecular weight excluding hydrogens is 244 g/mol. The molecule has 0 fully saturated rings. The first-order chi connectivity index (χ1) is 9.63. The van der Waals surface area contributed by atoms with Crippen molar-refractivity contribution in [3.63, 3.8) is 0 Å². The van der Waals surface area contributed by atoms with Crippen LogP contribution in [-0.2, 0) is 13.6 Å². The molecule has 3 rings (SSSR count).